The largest absolute Gasteiger partial charge is 0.377 e. The number of anilines is 1. The number of nitrogens with zero attached hydrogens (tertiary/aromatic N) is 1. The maximum Gasteiger partial charge on any atom is 0.245 e. The number of nitrogens with two attached hydrogens (primary N) is 1. The zero-order valence-electron chi connectivity index (χ0n) is 10.5. The number of rotatable bonds is 2. The second-order valence-electron chi connectivity index (χ2n) is 5.64. The highest BCUT2D eigenvalue weighted by Gasteiger charge is 2.71. The SMILES string of the molecule is CC1(C)C2OCCC2C1(N)C(=O)Nc1cnoc1. The van der Waals surface area contributed by atoms with Crippen LogP contribution in [0.15, 0.2) is 17.0 Å². The summed E-state index contributed by atoms with van der Waals surface area (Å²) in [4.78, 5) is 12.4. The van der Waals surface area contributed by atoms with Crippen molar-refractivity contribution in [1.82, 2.24) is 5.16 Å². The number of amides is 1. The fourth-order valence-electron chi connectivity index (χ4n) is 3.35. The molecular weight excluding hydrogens is 234 g/mol. The summed E-state index contributed by atoms with van der Waals surface area (Å²) in [6, 6.07) is 0. The maximum absolute atomic E-state index is 12.4. The molecule has 2 heterocycles. The van der Waals surface area contributed by atoms with Gasteiger partial charge in [0.2, 0.25) is 5.91 Å². The number of hydrogen-bond acceptors (Lipinski definition) is 5. The molecule has 6 nitrogen and oxygen atoms in total. The van der Waals surface area contributed by atoms with Gasteiger partial charge in [-0.25, -0.2) is 0 Å². The molecule has 1 aliphatic carbocycles. The van der Waals surface area contributed by atoms with Crippen LogP contribution in [0, 0.1) is 11.3 Å². The van der Waals surface area contributed by atoms with Crippen LogP contribution in [0.3, 0.4) is 0 Å². The van der Waals surface area contributed by atoms with E-state index in [1.54, 1.807) is 0 Å². The Kier molecular flexibility index (Phi) is 2.30. The van der Waals surface area contributed by atoms with Gasteiger partial charge < -0.3 is 20.3 Å². The number of carbonyl (C=O) groups excluding carboxylic acids is 1. The molecule has 1 aromatic heterocycles. The first-order chi connectivity index (χ1) is 8.48. The molecule has 18 heavy (non-hydrogen) atoms. The van der Waals surface area contributed by atoms with Crippen molar-refractivity contribution in [2.24, 2.45) is 17.1 Å². The normalized spacial score (nSPS) is 36.8. The quantitative estimate of drug-likeness (QED) is 0.809. The topological polar surface area (TPSA) is 90.4 Å². The van der Waals surface area contributed by atoms with Crippen LogP contribution in [-0.4, -0.2) is 29.3 Å². The minimum atomic E-state index is -0.897. The molecule has 3 unspecified atom stereocenters. The van der Waals surface area contributed by atoms with Crippen molar-refractivity contribution in [3.8, 4) is 0 Å². The molecule has 1 saturated heterocycles. The van der Waals surface area contributed by atoms with Gasteiger partial charge in [-0.05, 0) is 6.42 Å². The predicted molar refractivity (Wildman–Crippen MR) is 63.7 cm³/mol. The highest BCUT2D eigenvalue weighted by atomic mass is 16.5. The van der Waals surface area contributed by atoms with Crippen molar-refractivity contribution >= 4 is 11.6 Å². The number of aromatic nitrogens is 1. The Morgan fingerprint density at radius 1 is 1.61 bits per heavy atom. The minimum absolute atomic E-state index is 0.0794. The molecule has 0 aromatic carbocycles. The molecule has 3 N–H and O–H groups in total. The third kappa shape index (κ3) is 1.24. The highest BCUT2D eigenvalue weighted by Crippen LogP contribution is 2.58. The van der Waals surface area contributed by atoms with E-state index in [1.165, 1.54) is 12.5 Å². The lowest BCUT2D eigenvalue weighted by atomic mass is 9.48. The van der Waals surface area contributed by atoms with Gasteiger partial charge in [0, 0.05) is 17.9 Å². The summed E-state index contributed by atoms with van der Waals surface area (Å²) in [5, 5.41) is 6.31. The van der Waals surface area contributed by atoms with Crippen LogP contribution in [-0.2, 0) is 9.53 Å². The van der Waals surface area contributed by atoms with Crippen LogP contribution in [0.5, 0.6) is 0 Å². The third-order valence-corrected chi connectivity index (χ3v) is 4.52. The number of hydrogen-bond donors (Lipinski definition) is 2. The van der Waals surface area contributed by atoms with Crippen LogP contribution in [0.1, 0.15) is 20.3 Å². The van der Waals surface area contributed by atoms with E-state index in [1.807, 2.05) is 13.8 Å². The van der Waals surface area contributed by atoms with Crippen LogP contribution in [0.25, 0.3) is 0 Å². The Morgan fingerprint density at radius 3 is 3.06 bits per heavy atom. The van der Waals surface area contributed by atoms with Crippen molar-refractivity contribution in [3.05, 3.63) is 12.5 Å². The first-order valence-electron chi connectivity index (χ1n) is 6.09. The van der Waals surface area contributed by atoms with Crippen molar-refractivity contribution in [1.29, 1.82) is 0 Å². The van der Waals surface area contributed by atoms with E-state index in [0.29, 0.717) is 12.3 Å². The first-order valence-corrected chi connectivity index (χ1v) is 6.09. The van der Waals surface area contributed by atoms with E-state index in [4.69, 9.17) is 10.5 Å². The van der Waals surface area contributed by atoms with Crippen molar-refractivity contribution < 1.29 is 14.1 Å². The van der Waals surface area contributed by atoms with E-state index >= 15 is 0 Å². The van der Waals surface area contributed by atoms with Gasteiger partial charge in [-0.2, -0.15) is 0 Å². The highest BCUT2D eigenvalue weighted by molar-refractivity contribution is 6.00. The molecule has 6 heteroatoms. The Labute approximate surface area is 105 Å². The summed E-state index contributed by atoms with van der Waals surface area (Å²) < 4.78 is 10.3. The Morgan fingerprint density at radius 2 is 2.39 bits per heavy atom. The molecule has 1 aromatic rings. The molecule has 0 bridgehead atoms. The molecular formula is C12H17N3O3. The van der Waals surface area contributed by atoms with E-state index in [9.17, 15) is 4.79 Å². The fraction of sp³-hybridized carbons (Fsp3) is 0.667. The predicted octanol–water partition coefficient (Wildman–Crippen LogP) is 0.755. The van der Waals surface area contributed by atoms with Gasteiger partial charge in [-0.1, -0.05) is 19.0 Å². The van der Waals surface area contributed by atoms with Crippen molar-refractivity contribution in [3.63, 3.8) is 0 Å². The average Bonchev–Trinajstić information content (AvgIpc) is 2.97. The average molecular weight is 251 g/mol. The number of carbonyl (C=O) groups is 1. The van der Waals surface area contributed by atoms with Gasteiger partial charge in [0.15, 0.2) is 0 Å². The van der Waals surface area contributed by atoms with Gasteiger partial charge in [0.1, 0.15) is 17.5 Å². The molecule has 2 fully saturated rings. The van der Waals surface area contributed by atoms with Crippen LogP contribution >= 0.6 is 0 Å². The number of ether oxygens (including phenoxy) is 1. The first kappa shape index (κ1) is 11.7. The lowest BCUT2D eigenvalue weighted by Crippen LogP contribution is -2.79. The zero-order chi connectivity index (χ0) is 13.0. The summed E-state index contributed by atoms with van der Waals surface area (Å²) in [5.41, 5.74) is 5.65. The second kappa shape index (κ2) is 3.55. The number of fused-ring (bicyclic) bond motifs is 1. The number of nitrogens with one attached hydrogen (secondary N) is 1. The Balaban J connectivity index is 1.84. The standard InChI is InChI=1S/C12H17N3O3/c1-11(2)9-8(3-4-17-9)12(11,13)10(16)15-7-5-14-18-6-7/h5-6,8-9H,3-4,13H2,1-2H3,(H,15,16). The monoisotopic (exact) mass is 251 g/mol. The summed E-state index contributed by atoms with van der Waals surface area (Å²) in [6.45, 7) is 4.64. The molecule has 0 radical (unpaired) electrons. The molecule has 0 spiro atoms. The molecule has 2 aliphatic rings. The summed E-state index contributed by atoms with van der Waals surface area (Å²) in [6.07, 6.45) is 3.75. The van der Waals surface area contributed by atoms with Gasteiger partial charge in [-0.15, -0.1) is 0 Å². The molecule has 1 aliphatic heterocycles. The summed E-state index contributed by atoms with van der Waals surface area (Å²) in [5.74, 6) is -0.102. The van der Waals surface area contributed by atoms with Crippen LogP contribution < -0.4 is 11.1 Å². The Bertz CT molecular complexity index is 471. The van der Waals surface area contributed by atoms with Gasteiger partial charge in [-0.3, -0.25) is 4.79 Å². The lowest BCUT2D eigenvalue weighted by molar-refractivity contribution is -0.170. The van der Waals surface area contributed by atoms with E-state index in [2.05, 4.69) is 15.0 Å². The van der Waals surface area contributed by atoms with Gasteiger partial charge in [0.25, 0.3) is 0 Å². The second-order valence-corrected chi connectivity index (χ2v) is 5.64. The lowest BCUT2D eigenvalue weighted by Gasteiger charge is -2.60. The summed E-state index contributed by atoms with van der Waals surface area (Å²) in [7, 11) is 0. The van der Waals surface area contributed by atoms with E-state index in [0.717, 1.165) is 6.42 Å². The molecule has 1 amide bonds. The Hall–Kier alpha value is -1.40. The summed E-state index contributed by atoms with van der Waals surface area (Å²) >= 11 is 0. The minimum Gasteiger partial charge on any atom is -0.377 e. The molecule has 1 saturated carbocycles. The van der Waals surface area contributed by atoms with Crippen LogP contribution in [0.2, 0.25) is 0 Å². The van der Waals surface area contributed by atoms with Gasteiger partial charge in [0.05, 0.1) is 12.3 Å². The molecule has 3 atom stereocenters. The third-order valence-electron chi connectivity index (χ3n) is 4.52. The maximum atomic E-state index is 12.4. The molecule has 3 rings (SSSR count). The van der Waals surface area contributed by atoms with Gasteiger partial charge >= 0.3 is 0 Å². The van der Waals surface area contributed by atoms with Crippen molar-refractivity contribution in [2.75, 3.05) is 11.9 Å². The fourth-order valence-corrected chi connectivity index (χ4v) is 3.35. The smallest absolute Gasteiger partial charge is 0.245 e. The van der Waals surface area contributed by atoms with Crippen LogP contribution in [0.4, 0.5) is 5.69 Å². The zero-order valence-corrected chi connectivity index (χ0v) is 10.5. The van der Waals surface area contributed by atoms with E-state index < -0.39 is 5.54 Å². The van der Waals surface area contributed by atoms with Crippen molar-refractivity contribution in [2.45, 2.75) is 31.9 Å². The molecule has 98 valence electrons. The van der Waals surface area contributed by atoms with E-state index in [-0.39, 0.29) is 23.3 Å².